The molecule has 0 unspecified atom stereocenters. The smallest absolute Gasteiger partial charge is 0.342 e. The van der Waals surface area contributed by atoms with E-state index in [-0.39, 0.29) is 43.8 Å². The van der Waals surface area contributed by atoms with Crippen LogP contribution < -0.4 is 0 Å². The number of halogens is 4. The first-order valence-electron chi connectivity index (χ1n) is 7.06. The molecule has 120 valence electrons. The third kappa shape index (κ3) is 3.87. The molecule has 0 N–H and O–H groups in total. The molecule has 0 atom stereocenters. The molecule has 0 bridgehead atoms. The largest absolute Gasteiger partial charge is 0.391 e. The number of carbonyl (C=O) groups excluding carboxylic acids is 1. The maximum Gasteiger partial charge on any atom is 0.391 e. The minimum absolute atomic E-state index is 0.0613. The van der Waals surface area contributed by atoms with Crippen LogP contribution in [0.25, 0.3) is 6.08 Å². The van der Waals surface area contributed by atoms with E-state index in [9.17, 15) is 22.4 Å². The lowest BCUT2D eigenvalue weighted by Gasteiger charge is -2.33. The van der Waals surface area contributed by atoms with E-state index >= 15 is 0 Å². The SMILES string of the molecule is C=Cc1ccc(F)c(CC(=O)N2CCC(C(F)(F)F)CC2)c1. The van der Waals surface area contributed by atoms with Crippen molar-refractivity contribution in [1.29, 1.82) is 0 Å². The van der Waals surface area contributed by atoms with Gasteiger partial charge in [0.1, 0.15) is 5.82 Å². The average Bonchev–Trinajstić information content (AvgIpc) is 2.48. The van der Waals surface area contributed by atoms with E-state index in [0.717, 1.165) is 0 Å². The lowest BCUT2D eigenvalue weighted by molar-refractivity contribution is -0.186. The van der Waals surface area contributed by atoms with Gasteiger partial charge in [0, 0.05) is 13.1 Å². The summed E-state index contributed by atoms with van der Waals surface area (Å²) in [5.74, 6) is -2.19. The fourth-order valence-corrected chi connectivity index (χ4v) is 2.59. The first kappa shape index (κ1) is 16.5. The topological polar surface area (TPSA) is 20.3 Å². The van der Waals surface area contributed by atoms with Crippen LogP contribution in [0.2, 0.25) is 0 Å². The number of alkyl halides is 3. The van der Waals surface area contributed by atoms with Crippen molar-refractivity contribution in [2.45, 2.75) is 25.4 Å². The standard InChI is InChI=1S/C16H17F4NO/c1-2-11-3-4-14(17)12(9-11)10-15(22)21-7-5-13(6-8-21)16(18,19)20/h2-4,9,13H,1,5-8,10H2. The van der Waals surface area contributed by atoms with E-state index < -0.39 is 17.9 Å². The summed E-state index contributed by atoms with van der Waals surface area (Å²) in [7, 11) is 0. The highest BCUT2D eigenvalue weighted by Crippen LogP contribution is 2.34. The number of hydrogen-bond acceptors (Lipinski definition) is 1. The molecular formula is C16H17F4NO. The van der Waals surface area contributed by atoms with Gasteiger partial charge in [0.2, 0.25) is 5.91 Å². The fraction of sp³-hybridized carbons (Fsp3) is 0.438. The van der Waals surface area contributed by atoms with Crippen LogP contribution in [-0.4, -0.2) is 30.1 Å². The molecule has 2 nitrogen and oxygen atoms in total. The molecule has 22 heavy (non-hydrogen) atoms. The minimum Gasteiger partial charge on any atom is -0.342 e. The highest BCUT2D eigenvalue weighted by Gasteiger charge is 2.41. The van der Waals surface area contributed by atoms with Crippen LogP contribution in [0.1, 0.15) is 24.0 Å². The van der Waals surface area contributed by atoms with Crippen LogP contribution in [-0.2, 0) is 11.2 Å². The van der Waals surface area contributed by atoms with Crippen molar-refractivity contribution in [2.24, 2.45) is 5.92 Å². The van der Waals surface area contributed by atoms with E-state index in [2.05, 4.69) is 6.58 Å². The number of amides is 1. The van der Waals surface area contributed by atoms with Crippen LogP contribution >= 0.6 is 0 Å². The predicted molar refractivity (Wildman–Crippen MR) is 75.6 cm³/mol. The Morgan fingerprint density at radius 2 is 1.95 bits per heavy atom. The average molecular weight is 315 g/mol. The van der Waals surface area contributed by atoms with Gasteiger partial charge in [-0.25, -0.2) is 4.39 Å². The third-order valence-electron chi connectivity index (χ3n) is 3.96. The van der Waals surface area contributed by atoms with E-state index in [0.29, 0.717) is 5.56 Å². The third-order valence-corrected chi connectivity index (χ3v) is 3.96. The molecular weight excluding hydrogens is 298 g/mol. The van der Waals surface area contributed by atoms with Crippen molar-refractivity contribution >= 4 is 12.0 Å². The zero-order chi connectivity index (χ0) is 16.3. The van der Waals surface area contributed by atoms with Crippen LogP contribution in [0.4, 0.5) is 17.6 Å². The Bertz CT molecular complexity index is 560. The molecule has 2 rings (SSSR count). The zero-order valence-electron chi connectivity index (χ0n) is 12.0. The van der Waals surface area contributed by atoms with E-state index in [4.69, 9.17) is 0 Å². The maximum atomic E-state index is 13.7. The summed E-state index contributed by atoms with van der Waals surface area (Å²) in [5, 5.41) is 0. The van der Waals surface area contributed by atoms with Gasteiger partial charge >= 0.3 is 6.18 Å². The second-order valence-electron chi connectivity index (χ2n) is 5.43. The molecule has 0 radical (unpaired) electrons. The van der Waals surface area contributed by atoms with Gasteiger partial charge in [0.05, 0.1) is 12.3 Å². The van der Waals surface area contributed by atoms with E-state index in [1.165, 1.54) is 17.0 Å². The molecule has 1 fully saturated rings. The molecule has 1 aliphatic heterocycles. The molecule has 1 saturated heterocycles. The van der Waals surface area contributed by atoms with Gasteiger partial charge in [-0.1, -0.05) is 18.7 Å². The molecule has 1 aromatic carbocycles. The Kier molecular flexibility index (Phi) is 4.88. The lowest BCUT2D eigenvalue weighted by atomic mass is 9.96. The summed E-state index contributed by atoms with van der Waals surface area (Å²) < 4.78 is 51.5. The number of likely N-dealkylation sites (tertiary alicyclic amines) is 1. The predicted octanol–water partition coefficient (Wildman–Crippen LogP) is 3.81. The van der Waals surface area contributed by atoms with Crippen molar-refractivity contribution < 1.29 is 22.4 Å². The number of rotatable bonds is 3. The highest BCUT2D eigenvalue weighted by molar-refractivity contribution is 5.79. The molecule has 0 aromatic heterocycles. The number of hydrogen-bond donors (Lipinski definition) is 0. The highest BCUT2D eigenvalue weighted by atomic mass is 19.4. The second-order valence-corrected chi connectivity index (χ2v) is 5.43. The molecule has 0 aliphatic carbocycles. The van der Waals surface area contributed by atoms with Crippen molar-refractivity contribution in [3.63, 3.8) is 0 Å². The summed E-state index contributed by atoms with van der Waals surface area (Å²) >= 11 is 0. The zero-order valence-corrected chi connectivity index (χ0v) is 12.0. The summed E-state index contributed by atoms with van der Waals surface area (Å²) in [6.07, 6.45) is -3.00. The lowest BCUT2D eigenvalue weighted by Crippen LogP contribution is -2.42. The first-order chi connectivity index (χ1) is 10.3. The molecule has 6 heteroatoms. The Balaban J connectivity index is 1.98. The van der Waals surface area contributed by atoms with Gasteiger partial charge in [0.15, 0.2) is 0 Å². The van der Waals surface area contributed by atoms with Crippen molar-refractivity contribution in [1.82, 2.24) is 4.90 Å². The van der Waals surface area contributed by atoms with E-state index in [1.807, 2.05) is 0 Å². The normalized spacial score (nSPS) is 16.6. The van der Waals surface area contributed by atoms with E-state index in [1.54, 1.807) is 12.1 Å². The molecule has 0 saturated carbocycles. The van der Waals surface area contributed by atoms with Crippen molar-refractivity contribution in [3.8, 4) is 0 Å². The molecule has 1 amide bonds. The van der Waals surface area contributed by atoms with Crippen LogP contribution in [0.3, 0.4) is 0 Å². The number of carbonyl (C=O) groups is 1. The number of nitrogens with zero attached hydrogens (tertiary/aromatic N) is 1. The monoisotopic (exact) mass is 315 g/mol. The Morgan fingerprint density at radius 3 is 2.50 bits per heavy atom. The Morgan fingerprint density at radius 1 is 1.32 bits per heavy atom. The van der Waals surface area contributed by atoms with Gasteiger partial charge in [-0.3, -0.25) is 4.79 Å². The second kappa shape index (κ2) is 6.50. The summed E-state index contributed by atoms with van der Waals surface area (Å²) in [5.41, 5.74) is 0.931. The van der Waals surface area contributed by atoms with Gasteiger partial charge in [-0.05, 0) is 36.1 Å². The summed E-state index contributed by atoms with van der Waals surface area (Å²) in [4.78, 5) is 13.5. The van der Waals surface area contributed by atoms with Gasteiger partial charge < -0.3 is 4.90 Å². The number of benzene rings is 1. The Labute approximate surface area is 126 Å². The molecule has 1 aliphatic rings. The fourth-order valence-electron chi connectivity index (χ4n) is 2.59. The van der Waals surface area contributed by atoms with Gasteiger partial charge in [-0.2, -0.15) is 13.2 Å². The molecule has 0 spiro atoms. The van der Waals surface area contributed by atoms with Crippen molar-refractivity contribution in [2.75, 3.05) is 13.1 Å². The maximum absolute atomic E-state index is 13.7. The summed E-state index contributed by atoms with van der Waals surface area (Å²) in [6, 6.07) is 4.34. The van der Waals surface area contributed by atoms with Gasteiger partial charge in [-0.15, -0.1) is 0 Å². The first-order valence-corrected chi connectivity index (χ1v) is 7.06. The molecule has 1 aromatic rings. The van der Waals surface area contributed by atoms with Crippen LogP contribution in [0.5, 0.6) is 0 Å². The minimum atomic E-state index is -4.21. The molecule has 1 heterocycles. The Hall–Kier alpha value is -1.85. The number of piperidine rings is 1. The quantitative estimate of drug-likeness (QED) is 0.777. The van der Waals surface area contributed by atoms with Crippen LogP contribution in [0, 0.1) is 11.7 Å². The van der Waals surface area contributed by atoms with Crippen molar-refractivity contribution in [3.05, 3.63) is 41.7 Å². The summed E-state index contributed by atoms with van der Waals surface area (Å²) in [6.45, 7) is 3.70. The van der Waals surface area contributed by atoms with Gasteiger partial charge in [0.25, 0.3) is 0 Å². The van der Waals surface area contributed by atoms with Crippen LogP contribution in [0.15, 0.2) is 24.8 Å².